The summed E-state index contributed by atoms with van der Waals surface area (Å²) in [7, 11) is 0. The molecule has 0 bridgehead atoms. The van der Waals surface area contributed by atoms with Crippen LogP contribution in [0.2, 0.25) is 0 Å². The van der Waals surface area contributed by atoms with E-state index in [1.807, 2.05) is 12.1 Å². The Bertz CT molecular complexity index is 565. The van der Waals surface area contributed by atoms with Crippen molar-refractivity contribution in [1.82, 2.24) is 4.90 Å². The van der Waals surface area contributed by atoms with Crippen LogP contribution in [0.25, 0.3) is 0 Å². The van der Waals surface area contributed by atoms with Gasteiger partial charge in [-0.05, 0) is 38.0 Å². The summed E-state index contributed by atoms with van der Waals surface area (Å²) < 4.78 is 10.8. The Balaban J connectivity index is 1.84. The Hall–Kier alpha value is -1.62. The van der Waals surface area contributed by atoms with Gasteiger partial charge in [0, 0.05) is 19.1 Å². The van der Waals surface area contributed by atoms with Gasteiger partial charge in [0.15, 0.2) is 0 Å². The minimum atomic E-state index is -0.514. The molecule has 4 nitrogen and oxygen atoms in total. The third kappa shape index (κ3) is 6.11. The number of hydrogen-bond acceptors (Lipinski definition) is 4. The van der Waals surface area contributed by atoms with Gasteiger partial charge in [-0.1, -0.05) is 36.8 Å². The molecule has 0 aliphatic rings. The first kappa shape index (κ1) is 18.7. The number of ether oxygens (including phenoxy) is 1. The number of rotatable bonds is 10. The molecule has 0 spiro atoms. The average molecular weight is 331 g/mol. The Kier molecular flexibility index (Phi) is 7.50. The molecule has 24 heavy (non-hydrogen) atoms. The van der Waals surface area contributed by atoms with Gasteiger partial charge in [-0.3, -0.25) is 4.90 Å². The van der Waals surface area contributed by atoms with Crippen LogP contribution in [0.15, 0.2) is 47.1 Å². The van der Waals surface area contributed by atoms with Crippen LogP contribution in [0, 0.1) is 6.92 Å². The number of aliphatic hydroxyl groups excluding tert-OH is 1. The third-order valence-corrected chi connectivity index (χ3v) is 4.30. The Morgan fingerprint density at radius 1 is 1.21 bits per heavy atom. The van der Waals surface area contributed by atoms with Crippen molar-refractivity contribution in [3.63, 3.8) is 0 Å². The lowest BCUT2D eigenvalue weighted by Gasteiger charge is -2.30. The predicted octanol–water partition coefficient (Wildman–Crippen LogP) is 3.77. The predicted molar refractivity (Wildman–Crippen MR) is 95.7 cm³/mol. The van der Waals surface area contributed by atoms with E-state index in [0.29, 0.717) is 25.8 Å². The zero-order valence-electron chi connectivity index (χ0n) is 14.9. The molecule has 0 saturated heterocycles. The Morgan fingerprint density at radius 3 is 2.58 bits per heavy atom. The van der Waals surface area contributed by atoms with E-state index in [9.17, 15) is 5.11 Å². The quantitative estimate of drug-likeness (QED) is 0.720. The van der Waals surface area contributed by atoms with Crippen LogP contribution in [-0.4, -0.2) is 35.3 Å². The molecule has 132 valence electrons. The van der Waals surface area contributed by atoms with Gasteiger partial charge in [0.2, 0.25) is 0 Å². The minimum absolute atomic E-state index is 0.307. The van der Waals surface area contributed by atoms with Crippen molar-refractivity contribution >= 4 is 0 Å². The van der Waals surface area contributed by atoms with E-state index in [2.05, 4.69) is 49.9 Å². The Labute approximate surface area is 145 Å². The summed E-state index contributed by atoms with van der Waals surface area (Å²) in [6.07, 6.45) is 2.16. The second-order valence-corrected chi connectivity index (χ2v) is 6.42. The van der Waals surface area contributed by atoms with E-state index in [0.717, 1.165) is 18.7 Å². The summed E-state index contributed by atoms with van der Waals surface area (Å²) in [6.45, 7) is 8.60. The van der Waals surface area contributed by atoms with E-state index in [1.165, 1.54) is 11.1 Å². The summed E-state index contributed by atoms with van der Waals surface area (Å²) in [6, 6.07) is 12.7. The van der Waals surface area contributed by atoms with Gasteiger partial charge < -0.3 is 14.3 Å². The van der Waals surface area contributed by atoms with Gasteiger partial charge in [-0.2, -0.15) is 0 Å². The highest BCUT2D eigenvalue weighted by atomic mass is 16.5. The molecular weight excluding hydrogens is 302 g/mol. The number of benzene rings is 1. The first-order valence-corrected chi connectivity index (χ1v) is 8.66. The average Bonchev–Trinajstić information content (AvgIpc) is 3.09. The van der Waals surface area contributed by atoms with Gasteiger partial charge in [0.1, 0.15) is 12.4 Å². The van der Waals surface area contributed by atoms with Crippen LogP contribution in [0.5, 0.6) is 0 Å². The molecule has 2 rings (SSSR count). The lowest BCUT2D eigenvalue weighted by Crippen LogP contribution is -2.39. The van der Waals surface area contributed by atoms with E-state index >= 15 is 0 Å². The summed E-state index contributed by atoms with van der Waals surface area (Å²) in [4.78, 5) is 2.31. The summed E-state index contributed by atoms with van der Waals surface area (Å²) >= 11 is 0. The molecule has 4 heteroatoms. The van der Waals surface area contributed by atoms with Crippen molar-refractivity contribution in [2.24, 2.45) is 0 Å². The highest BCUT2D eigenvalue weighted by Gasteiger charge is 2.17. The first-order chi connectivity index (χ1) is 11.6. The second-order valence-electron chi connectivity index (χ2n) is 6.42. The fourth-order valence-electron chi connectivity index (χ4n) is 2.60. The Morgan fingerprint density at radius 2 is 1.96 bits per heavy atom. The largest absolute Gasteiger partial charge is 0.467 e. The van der Waals surface area contributed by atoms with E-state index < -0.39 is 6.10 Å². The zero-order chi connectivity index (χ0) is 17.4. The molecular formula is C20H29NO3. The summed E-state index contributed by atoms with van der Waals surface area (Å²) in [5, 5.41) is 10.3. The van der Waals surface area contributed by atoms with Crippen molar-refractivity contribution in [3.05, 3.63) is 59.5 Å². The van der Waals surface area contributed by atoms with E-state index in [-0.39, 0.29) is 0 Å². The van der Waals surface area contributed by atoms with Crippen molar-refractivity contribution < 1.29 is 14.3 Å². The summed E-state index contributed by atoms with van der Waals surface area (Å²) in [5.74, 6) is 0.778. The molecule has 1 aromatic heterocycles. The van der Waals surface area contributed by atoms with Crippen LogP contribution < -0.4 is 0 Å². The number of hydrogen-bond donors (Lipinski definition) is 1. The fraction of sp³-hybridized carbons (Fsp3) is 0.500. The molecule has 1 aromatic carbocycles. The normalized spacial score (nSPS) is 14.0. The maximum atomic E-state index is 10.3. The molecule has 2 aromatic rings. The molecule has 1 heterocycles. The van der Waals surface area contributed by atoms with Gasteiger partial charge in [-0.25, -0.2) is 0 Å². The number of aliphatic hydroxyl groups is 1. The maximum Gasteiger partial charge on any atom is 0.129 e. The van der Waals surface area contributed by atoms with Gasteiger partial charge in [-0.15, -0.1) is 0 Å². The highest BCUT2D eigenvalue weighted by molar-refractivity contribution is 5.21. The van der Waals surface area contributed by atoms with E-state index in [1.54, 1.807) is 6.26 Å². The van der Waals surface area contributed by atoms with Crippen molar-refractivity contribution in [3.8, 4) is 0 Å². The van der Waals surface area contributed by atoms with Gasteiger partial charge in [0.25, 0.3) is 0 Å². The van der Waals surface area contributed by atoms with E-state index in [4.69, 9.17) is 9.15 Å². The lowest BCUT2D eigenvalue weighted by atomic mass is 10.1. The standard InChI is InChI=1S/C20H29NO3/c1-4-17(3)21(12-18-9-7-16(2)8-10-18)13-19(22)14-23-15-20-6-5-11-24-20/h5-11,17,19,22H,4,12-15H2,1-3H3/t17-,19-/m0/s1. The molecule has 1 N–H and O–H groups in total. The van der Waals surface area contributed by atoms with Gasteiger partial charge in [0.05, 0.1) is 19.0 Å². The molecule has 0 aliphatic carbocycles. The SMILES string of the molecule is CC[C@H](C)N(Cc1ccc(C)cc1)C[C@H](O)COCc1ccco1. The van der Waals surface area contributed by atoms with Crippen molar-refractivity contribution in [2.75, 3.05) is 13.2 Å². The molecule has 0 amide bonds. The van der Waals surface area contributed by atoms with Crippen molar-refractivity contribution in [1.29, 1.82) is 0 Å². The van der Waals surface area contributed by atoms with Crippen LogP contribution in [0.3, 0.4) is 0 Å². The smallest absolute Gasteiger partial charge is 0.129 e. The number of nitrogens with zero attached hydrogens (tertiary/aromatic N) is 1. The minimum Gasteiger partial charge on any atom is -0.467 e. The van der Waals surface area contributed by atoms with Crippen LogP contribution in [0.1, 0.15) is 37.2 Å². The first-order valence-electron chi connectivity index (χ1n) is 8.66. The van der Waals surface area contributed by atoms with Gasteiger partial charge >= 0.3 is 0 Å². The highest BCUT2D eigenvalue weighted by Crippen LogP contribution is 2.13. The molecule has 0 radical (unpaired) electrons. The monoisotopic (exact) mass is 331 g/mol. The molecule has 0 saturated carbocycles. The van der Waals surface area contributed by atoms with Crippen LogP contribution in [-0.2, 0) is 17.9 Å². The van der Waals surface area contributed by atoms with Crippen LogP contribution in [0.4, 0.5) is 0 Å². The topological polar surface area (TPSA) is 45.8 Å². The third-order valence-electron chi connectivity index (χ3n) is 4.30. The zero-order valence-corrected chi connectivity index (χ0v) is 14.9. The number of aryl methyl sites for hydroxylation is 1. The maximum absolute atomic E-state index is 10.3. The van der Waals surface area contributed by atoms with Crippen LogP contribution >= 0.6 is 0 Å². The fourth-order valence-corrected chi connectivity index (χ4v) is 2.60. The molecule has 0 aliphatic heterocycles. The second kappa shape index (κ2) is 9.62. The van der Waals surface area contributed by atoms with Crippen molar-refractivity contribution in [2.45, 2.75) is 52.5 Å². The molecule has 2 atom stereocenters. The number of furan rings is 1. The lowest BCUT2D eigenvalue weighted by molar-refractivity contribution is -0.00271. The molecule has 0 unspecified atom stereocenters. The molecule has 0 fully saturated rings. The summed E-state index contributed by atoms with van der Waals surface area (Å²) in [5.41, 5.74) is 2.53.